The fourth-order valence-electron chi connectivity index (χ4n) is 0.998. The van der Waals surface area contributed by atoms with E-state index in [9.17, 15) is 4.79 Å². The van der Waals surface area contributed by atoms with Crippen LogP contribution in [-0.4, -0.2) is 15.5 Å². The van der Waals surface area contributed by atoms with Gasteiger partial charge in [-0.1, -0.05) is 0 Å². The molecule has 2 heterocycles. The molecule has 2 aromatic heterocycles. The van der Waals surface area contributed by atoms with Crippen molar-refractivity contribution in [1.29, 1.82) is 0 Å². The number of carboxylic acids is 1. The molecule has 2 rings (SSSR count). The van der Waals surface area contributed by atoms with Gasteiger partial charge in [-0.25, -0.2) is 4.79 Å². The zero-order valence-electron chi connectivity index (χ0n) is 5.52. The van der Waals surface area contributed by atoms with Gasteiger partial charge in [0.1, 0.15) is 4.83 Å². The topological polar surface area (TPSA) is 41.7 Å². The van der Waals surface area contributed by atoms with Crippen molar-refractivity contribution in [2.45, 2.75) is 0 Å². The van der Waals surface area contributed by atoms with Crippen molar-refractivity contribution in [2.24, 2.45) is 0 Å². The van der Waals surface area contributed by atoms with Gasteiger partial charge in [0.15, 0.2) is 0 Å². The van der Waals surface area contributed by atoms with Crippen LogP contribution in [0.15, 0.2) is 23.8 Å². The second-order valence-corrected chi connectivity index (χ2v) is 3.04. The first-order valence-corrected chi connectivity index (χ1v) is 3.94. The van der Waals surface area contributed by atoms with Crippen LogP contribution in [0.2, 0.25) is 0 Å². The number of hydrogen-bond donors (Lipinski definition) is 1. The van der Waals surface area contributed by atoms with Gasteiger partial charge in [0, 0.05) is 17.8 Å². The smallest absolute Gasteiger partial charge is 0.338 e. The van der Waals surface area contributed by atoms with Crippen LogP contribution < -0.4 is 0 Å². The molecule has 56 valence electrons. The van der Waals surface area contributed by atoms with Crippen LogP contribution >= 0.6 is 11.3 Å². The Morgan fingerprint density at radius 2 is 2.36 bits per heavy atom. The molecule has 0 amide bonds. The average molecular weight is 167 g/mol. The SMILES string of the molecule is O=C(O)c1ccn2ccsc12. The van der Waals surface area contributed by atoms with Gasteiger partial charge < -0.3 is 9.51 Å². The lowest BCUT2D eigenvalue weighted by Crippen LogP contribution is -1.92. The number of nitrogens with zero attached hydrogens (tertiary/aromatic N) is 1. The predicted octanol–water partition coefficient (Wildman–Crippen LogP) is 1.70. The molecule has 0 atom stereocenters. The maximum Gasteiger partial charge on any atom is 0.338 e. The van der Waals surface area contributed by atoms with Gasteiger partial charge in [-0.15, -0.1) is 11.3 Å². The van der Waals surface area contributed by atoms with Crippen molar-refractivity contribution in [3.8, 4) is 0 Å². The molecular weight excluding hydrogens is 162 g/mol. The Morgan fingerprint density at radius 3 is 3.09 bits per heavy atom. The monoisotopic (exact) mass is 167 g/mol. The number of hydrogen-bond acceptors (Lipinski definition) is 2. The van der Waals surface area contributed by atoms with Crippen LogP contribution in [0.1, 0.15) is 10.4 Å². The molecule has 11 heavy (non-hydrogen) atoms. The number of carbonyl (C=O) groups is 1. The molecule has 0 fully saturated rings. The van der Waals surface area contributed by atoms with E-state index in [0.29, 0.717) is 5.56 Å². The Balaban J connectivity index is 2.78. The fourth-order valence-corrected chi connectivity index (χ4v) is 1.84. The molecule has 0 bridgehead atoms. The third kappa shape index (κ3) is 0.832. The van der Waals surface area contributed by atoms with Crippen LogP contribution in [0.5, 0.6) is 0 Å². The number of thiazole rings is 1. The van der Waals surface area contributed by atoms with Crippen molar-refractivity contribution >= 4 is 22.1 Å². The highest BCUT2D eigenvalue weighted by Gasteiger charge is 2.09. The predicted molar refractivity (Wildman–Crippen MR) is 42.2 cm³/mol. The summed E-state index contributed by atoms with van der Waals surface area (Å²) in [7, 11) is 0. The van der Waals surface area contributed by atoms with Crippen molar-refractivity contribution < 1.29 is 9.90 Å². The van der Waals surface area contributed by atoms with Gasteiger partial charge in [0.05, 0.1) is 5.56 Å². The van der Waals surface area contributed by atoms with Crippen molar-refractivity contribution in [1.82, 2.24) is 4.40 Å². The Hall–Kier alpha value is -1.29. The highest BCUT2D eigenvalue weighted by atomic mass is 32.1. The van der Waals surface area contributed by atoms with E-state index in [1.165, 1.54) is 11.3 Å². The molecule has 0 aromatic carbocycles. The Bertz CT molecular complexity index is 401. The molecule has 2 aromatic rings. The van der Waals surface area contributed by atoms with Crippen LogP contribution in [0, 0.1) is 0 Å². The summed E-state index contributed by atoms with van der Waals surface area (Å²) in [5.41, 5.74) is 0.375. The van der Waals surface area contributed by atoms with Crippen molar-refractivity contribution in [2.75, 3.05) is 0 Å². The van der Waals surface area contributed by atoms with Gasteiger partial charge in [-0.3, -0.25) is 0 Å². The third-order valence-corrected chi connectivity index (χ3v) is 2.41. The number of carboxylic acid groups (broad SMARTS) is 1. The van der Waals surface area contributed by atoms with Crippen LogP contribution in [0.3, 0.4) is 0 Å². The zero-order valence-corrected chi connectivity index (χ0v) is 6.34. The lowest BCUT2D eigenvalue weighted by atomic mass is 10.3. The Kier molecular flexibility index (Phi) is 1.22. The van der Waals surface area contributed by atoms with Gasteiger partial charge in [0.25, 0.3) is 0 Å². The zero-order chi connectivity index (χ0) is 7.84. The molecule has 0 saturated carbocycles. The first-order chi connectivity index (χ1) is 5.29. The van der Waals surface area contributed by atoms with Crippen molar-refractivity contribution in [3.63, 3.8) is 0 Å². The fraction of sp³-hybridized carbons (Fsp3) is 0. The molecule has 1 N–H and O–H groups in total. The van der Waals surface area contributed by atoms with Gasteiger partial charge in [0.2, 0.25) is 0 Å². The number of rotatable bonds is 1. The molecule has 3 nitrogen and oxygen atoms in total. The van der Waals surface area contributed by atoms with E-state index in [4.69, 9.17) is 5.11 Å². The first-order valence-electron chi connectivity index (χ1n) is 3.06. The Labute approximate surface area is 66.5 Å². The second kappa shape index (κ2) is 2.10. The van der Waals surface area contributed by atoms with Gasteiger partial charge >= 0.3 is 5.97 Å². The lowest BCUT2D eigenvalue weighted by molar-refractivity contribution is 0.0699. The third-order valence-electron chi connectivity index (χ3n) is 1.50. The molecule has 0 aliphatic rings. The normalized spacial score (nSPS) is 10.5. The standard InChI is InChI=1S/C7H5NO2S/c9-7(10)5-1-2-8-3-4-11-6(5)8/h1-4H,(H,9,10). The first kappa shape index (κ1) is 6.42. The van der Waals surface area contributed by atoms with Crippen LogP contribution in [-0.2, 0) is 0 Å². The van der Waals surface area contributed by atoms with E-state index in [1.54, 1.807) is 16.7 Å². The van der Waals surface area contributed by atoms with E-state index in [-0.39, 0.29) is 0 Å². The summed E-state index contributed by atoms with van der Waals surface area (Å²) in [6.45, 7) is 0. The molecule has 0 aliphatic carbocycles. The van der Waals surface area contributed by atoms with E-state index in [2.05, 4.69) is 0 Å². The largest absolute Gasteiger partial charge is 0.478 e. The summed E-state index contributed by atoms with van der Waals surface area (Å²) in [6, 6.07) is 1.61. The summed E-state index contributed by atoms with van der Waals surface area (Å²) in [5, 5.41) is 10.5. The molecule has 4 heteroatoms. The van der Waals surface area contributed by atoms with Crippen molar-refractivity contribution in [3.05, 3.63) is 29.4 Å². The summed E-state index contributed by atoms with van der Waals surface area (Å²) in [6.07, 6.45) is 3.59. The highest BCUT2D eigenvalue weighted by Crippen LogP contribution is 2.17. The minimum atomic E-state index is -0.866. The number of aromatic nitrogens is 1. The summed E-state index contributed by atoms with van der Waals surface area (Å²) < 4.78 is 1.80. The van der Waals surface area contributed by atoms with E-state index >= 15 is 0 Å². The van der Waals surface area contributed by atoms with Gasteiger partial charge in [-0.05, 0) is 6.07 Å². The molecule has 0 spiro atoms. The lowest BCUT2D eigenvalue weighted by Gasteiger charge is -1.84. The molecule has 0 unspecified atom stereocenters. The molecular formula is C7H5NO2S. The van der Waals surface area contributed by atoms with Gasteiger partial charge in [-0.2, -0.15) is 0 Å². The summed E-state index contributed by atoms with van der Waals surface area (Å²) in [4.78, 5) is 11.4. The van der Waals surface area contributed by atoms with E-state index in [1.807, 2.05) is 11.6 Å². The maximum absolute atomic E-state index is 10.6. The molecule has 0 aliphatic heterocycles. The highest BCUT2D eigenvalue weighted by molar-refractivity contribution is 7.15. The Morgan fingerprint density at radius 1 is 1.55 bits per heavy atom. The number of fused-ring (bicyclic) bond motifs is 1. The summed E-state index contributed by atoms with van der Waals surface area (Å²) >= 11 is 1.43. The molecule has 0 saturated heterocycles. The quantitative estimate of drug-likeness (QED) is 0.702. The minimum Gasteiger partial charge on any atom is -0.478 e. The second-order valence-electron chi connectivity index (χ2n) is 2.15. The van der Waals surface area contributed by atoms with Crippen LogP contribution in [0.25, 0.3) is 4.83 Å². The summed E-state index contributed by atoms with van der Waals surface area (Å²) in [5.74, 6) is -0.866. The van der Waals surface area contributed by atoms with E-state index in [0.717, 1.165) is 4.83 Å². The maximum atomic E-state index is 10.6. The number of aromatic carboxylic acids is 1. The average Bonchev–Trinajstić information content (AvgIpc) is 2.41. The molecule has 0 radical (unpaired) electrons. The minimum absolute atomic E-state index is 0.375. The van der Waals surface area contributed by atoms with Crippen LogP contribution in [0.4, 0.5) is 0 Å². The van der Waals surface area contributed by atoms with E-state index < -0.39 is 5.97 Å².